The number of alkyl halides is 8. The third-order valence-electron chi connectivity index (χ3n) is 6.02. The summed E-state index contributed by atoms with van der Waals surface area (Å²) in [4.78, 5) is 24.6. The lowest BCUT2D eigenvalue weighted by Gasteiger charge is -2.57. The van der Waals surface area contributed by atoms with E-state index in [1.807, 2.05) is 0 Å². The van der Waals surface area contributed by atoms with Gasteiger partial charge in [-0.1, -0.05) is 6.07 Å². The van der Waals surface area contributed by atoms with Gasteiger partial charge in [-0.3, -0.25) is 9.59 Å². The van der Waals surface area contributed by atoms with E-state index in [9.17, 15) is 49.8 Å². The van der Waals surface area contributed by atoms with E-state index in [1.54, 1.807) is 0 Å². The fourth-order valence-corrected chi connectivity index (χ4v) is 4.10. The van der Waals surface area contributed by atoms with Crippen LogP contribution in [-0.4, -0.2) is 39.3 Å². The molecule has 0 saturated carbocycles. The summed E-state index contributed by atoms with van der Waals surface area (Å²) in [5, 5.41) is 13.0. The third kappa shape index (κ3) is 3.83. The van der Waals surface area contributed by atoms with Crippen LogP contribution in [0, 0.1) is 0 Å². The Morgan fingerprint density at radius 3 is 2.11 bits per heavy atom. The van der Waals surface area contributed by atoms with Gasteiger partial charge in [-0.05, 0) is 45.0 Å². The molecule has 0 aliphatic carbocycles. The van der Waals surface area contributed by atoms with Crippen LogP contribution < -0.4 is 15.6 Å². The van der Waals surface area contributed by atoms with Gasteiger partial charge in [0.25, 0.3) is 5.56 Å². The molecule has 192 valence electrons. The van der Waals surface area contributed by atoms with Crippen LogP contribution >= 0.6 is 0 Å². The fraction of sp³-hybridized carbons (Fsp3) is 0.429. The molecule has 6 nitrogen and oxygen atoms in total. The SMILES string of the molecule is CC1(C)Oc2ccc(C(F)(F)C(F)(F)F)cc2C(C)(n2ccccc2=O)C1(O)NC(=O)C(F)(F)F. The molecule has 1 aliphatic heterocycles. The monoisotopic (exact) mass is 514 g/mol. The van der Waals surface area contributed by atoms with E-state index in [2.05, 4.69) is 0 Å². The van der Waals surface area contributed by atoms with E-state index in [4.69, 9.17) is 4.74 Å². The molecule has 2 aromatic rings. The molecule has 0 saturated heterocycles. The minimum atomic E-state index is -6.04. The van der Waals surface area contributed by atoms with Gasteiger partial charge in [0, 0.05) is 23.4 Å². The van der Waals surface area contributed by atoms with Gasteiger partial charge in [-0.15, -0.1) is 0 Å². The summed E-state index contributed by atoms with van der Waals surface area (Å²) in [5.41, 5.74) is -11.3. The second-order valence-corrected chi connectivity index (χ2v) is 8.54. The molecule has 1 aromatic heterocycles. The summed E-state index contributed by atoms with van der Waals surface area (Å²) in [5.74, 6) is -8.50. The van der Waals surface area contributed by atoms with Crippen LogP contribution in [0.5, 0.6) is 5.75 Å². The Hall–Kier alpha value is -3.16. The van der Waals surface area contributed by atoms with Crippen molar-refractivity contribution in [2.24, 2.45) is 0 Å². The molecule has 2 atom stereocenters. The zero-order chi connectivity index (χ0) is 26.8. The second kappa shape index (κ2) is 7.67. The quantitative estimate of drug-likeness (QED) is 0.483. The van der Waals surface area contributed by atoms with Gasteiger partial charge in [0.05, 0.1) is 0 Å². The zero-order valence-corrected chi connectivity index (χ0v) is 18.2. The van der Waals surface area contributed by atoms with Crippen molar-refractivity contribution < 1.29 is 49.8 Å². The van der Waals surface area contributed by atoms with E-state index in [0.717, 1.165) is 33.0 Å². The molecule has 0 spiro atoms. The average molecular weight is 514 g/mol. The number of carbonyl (C=O) groups is 1. The van der Waals surface area contributed by atoms with Crippen molar-refractivity contribution in [1.29, 1.82) is 0 Å². The molecule has 14 heteroatoms. The van der Waals surface area contributed by atoms with E-state index in [0.29, 0.717) is 16.7 Å². The molecule has 3 rings (SSSR count). The topological polar surface area (TPSA) is 80.6 Å². The van der Waals surface area contributed by atoms with Crippen molar-refractivity contribution >= 4 is 5.91 Å². The van der Waals surface area contributed by atoms with Crippen LogP contribution in [0.25, 0.3) is 0 Å². The molecule has 35 heavy (non-hydrogen) atoms. The predicted octanol–water partition coefficient (Wildman–Crippen LogP) is 3.80. The highest BCUT2D eigenvalue weighted by molar-refractivity contribution is 5.82. The van der Waals surface area contributed by atoms with Gasteiger partial charge in [0.2, 0.25) is 5.72 Å². The number of hydrogen-bond acceptors (Lipinski definition) is 4. The number of carbonyl (C=O) groups excluding carboxylic acids is 1. The smallest absolute Gasteiger partial charge is 0.471 e. The highest BCUT2D eigenvalue weighted by atomic mass is 19.4. The van der Waals surface area contributed by atoms with Crippen LogP contribution in [0.1, 0.15) is 31.9 Å². The van der Waals surface area contributed by atoms with Crippen LogP contribution in [0.4, 0.5) is 35.1 Å². The normalized spacial score (nSPS) is 24.3. The Morgan fingerprint density at radius 2 is 1.60 bits per heavy atom. The number of aromatic nitrogens is 1. The van der Waals surface area contributed by atoms with Crippen molar-refractivity contribution in [2.75, 3.05) is 0 Å². The molecular formula is C21H18F8N2O4. The van der Waals surface area contributed by atoms with Gasteiger partial charge in [0.1, 0.15) is 11.3 Å². The van der Waals surface area contributed by atoms with Crippen molar-refractivity contribution in [3.63, 3.8) is 0 Å². The lowest BCUT2D eigenvalue weighted by atomic mass is 9.69. The number of rotatable bonds is 3. The van der Waals surface area contributed by atoms with Crippen molar-refractivity contribution in [3.05, 3.63) is 64.1 Å². The van der Waals surface area contributed by atoms with Crippen molar-refractivity contribution in [1.82, 2.24) is 9.88 Å². The minimum absolute atomic E-state index is 0.266. The Bertz CT molecular complexity index is 1220. The number of nitrogens with zero attached hydrogens (tertiary/aromatic N) is 1. The molecule has 1 amide bonds. The number of amides is 1. The number of halogens is 8. The minimum Gasteiger partial charge on any atom is -0.482 e. The first kappa shape index (κ1) is 26.4. The number of hydrogen-bond donors (Lipinski definition) is 2. The number of aliphatic hydroxyl groups is 1. The van der Waals surface area contributed by atoms with Crippen molar-refractivity contribution in [3.8, 4) is 5.75 Å². The molecule has 0 radical (unpaired) electrons. The third-order valence-corrected chi connectivity index (χ3v) is 6.02. The number of pyridine rings is 1. The van der Waals surface area contributed by atoms with E-state index < -0.39 is 63.5 Å². The van der Waals surface area contributed by atoms with E-state index in [1.165, 1.54) is 17.4 Å². The number of ether oxygens (including phenoxy) is 1. The largest absolute Gasteiger partial charge is 0.482 e. The van der Waals surface area contributed by atoms with Crippen LogP contribution in [-0.2, 0) is 16.3 Å². The summed E-state index contributed by atoms with van der Waals surface area (Å²) >= 11 is 0. The summed E-state index contributed by atoms with van der Waals surface area (Å²) in [6.07, 6.45) is -10.6. The second-order valence-electron chi connectivity index (χ2n) is 8.54. The Morgan fingerprint density at radius 1 is 1.00 bits per heavy atom. The first-order chi connectivity index (χ1) is 15.7. The number of fused-ring (bicyclic) bond motifs is 1. The van der Waals surface area contributed by atoms with Crippen LogP contribution in [0.3, 0.4) is 0 Å². The molecule has 2 heterocycles. The van der Waals surface area contributed by atoms with E-state index in [-0.39, 0.29) is 6.07 Å². The molecule has 2 N–H and O–H groups in total. The first-order valence-corrected chi connectivity index (χ1v) is 9.78. The number of nitrogens with one attached hydrogen (secondary N) is 1. The van der Waals surface area contributed by atoms with Gasteiger partial charge >= 0.3 is 24.2 Å². The lowest BCUT2D eigenvalue weighted by Crippen LogP contribution is -2.78. The van der Waals surface area contributed by atoms with Gasteiger partial charge in [-0.25, -0.2) is 0 Å². The predicted molar refractivity (Wildman–Crippen MR) is 104 cm³/mol. The van der Waals surface area contributed by atoms with Gasteiger partial charge < -0.3 is 19.7 Å². The summed E-state index contributed by atoms with van der Waals surface area (Å²) in [7, 11) is 0. The maximum atomic E-state index is 14.2. The summed E-state index contributed by atoms with van der Waals surface area (Å²) in [6.45, 7) is 2.98. The molecule has 1 aromatic carbocycles. The number of benzene rings is 1. The van der Waals surface area contributed by atoms with Gasteiger partial charge in [-0.2, -0.15) is 35.1 Å². The molecule has 1 aliphatic rings. The van der Waals surface area contributed by atoms with Gasteiger partial charge in [0.15, 0.2) is 5.60 Å². The molecule has 2 unspecified atom stereocenters. The maximum Gasteiger partial charge on any atom is 0.471 e. The molecular weight excluding hydrogens is 496 g/mol. The maximum absolute atomic E-state index is 14.2. The Labute approximate surface area is 192 Å². The average Bonchev–Trinajstić information content (AvgIpc) is 2.70. The molecule has 0 bridgehead atoms. The highest BCUT2D eigenvalue weighted by Crippen LogP contribution is 2.53. The lowest BCUT2D eigenvalue weighted by molar-refractivity contribution is -0.289. The summed E-state index contributed by atoms with van der Waals surface area (Å²) in [6, 6.07) is 4.71. The van der Waals surface area contributed by atoms with Crippen LogP contribution in [0.15, 0.2) is 47.4 Å². The zero-order valence-electron chi connectivity index (χ0n) is 18.2. The Kier molecular flexibility index (Phi) is 5.79. The Balaban J connectivity index is 2.43. The first-order valence-electron chi connectivity index (χ1n) is 9.78. The fourth-order valence-electron chi connectivity index (χ4n) is 4.10. The molecule has 0 fully saturated rings. The standard InChI is InChI=1S/C21H18F8N2O4/c1-16(2)20(34,30-15(33)19(24,25)26)17(3,31-9-5-4-6-14(31)32)12-10-11(7-8-13(12)35-16)18(22,23)21(27,28)29/h4-10,34H,1-3H3,(H,30,33). The van der Waals surface area contributed by atoms with Crippen molar-refractivity contribution in [2.45, 2.75) is 55.9 Å². The summed E-state index contributed by atoms with van der Waals surface area (Å²) < 4.78 is 113. The van der Waals surface area contributed by atoms with Crippen LogP contribution in [0.2, 0.25) is 0 Å². The highest BCUT2D eigenvalue weighted by Gasteiger charge is 2.67. The van der Waals surface area contributed by atoms with E-state index >= 15 is 0 Å².